The molecule has 4 aromatic carbocycles. The summed E-state index contributed by atoms with van der Waals surface area (Å²) >= 11 is 3.17. The summed E-state index contributed by atoms with van der Waals surface area (Å²) in [4.78, 5) is 18.3. The number of aliphatic hydroxyl groups excluding tert-OH is 1. The molecule has 1 radical (unpaired) electrons. The van der Waals surface area contributed by atoms with Gasteiger partial charge in [-0.3, -0.25) is 4.79 Å². The van der Waals surface area contributed by atoms with Gasteiger partial charge in [0.25, 0.3) is 6.47 Å². The fourth-order valence-corrected chi connectivity index (χ4v) is 10.3. The van der Waals surface area contributed by atoms with E-state index in [1.54, 1.807) is 0 Å². The van der Waals surface area contributed by atoms with Crippen LogP contribution in [0.2, 0.25) is 0 Å². The smallest absolute Gasteiger partial charge is 0.662 e. The third-order valence-electron chi connectivity index (χ3n) is 14.8. The normalized spacial score (nSPS) is 16.9. The molecule has 84 heavy (non-hydrogen) atoms. The van der Waals surface area contributed by atoms with E-state index in [4.69, 9.17) is 33.7 Å². The Morgan fingerprint density at radius 2 is 0.821 bits per heavy atom. The van der Waals surface area contributed by atoms with Crippen molar-refractivity contribution in [1.82, 2.24) is 20.0 Å². The number of rotatable bonds is 16. The van der Waals surface area contributed by atoms with Crippen molar-refractivity contribution in [1.29, 1.82) is 0 Å². The molecule has 4 heterocycles. The summed E-state index contributed by atoms with van der Waals surface area (Å²) < 4.78 is 0. The number of nitrogens with two attached hydrogens (primary N) is 1. The molecule has 4 aliphatic rings. The molecule has 0 unspecified atom stereocenters. The average Bonchev–Trinajstić information content (AvgIpc) is 3.57. The van der Waals surface area contributed by atoms with E-state index in [9.17, 15) is 20.4 Å². The standard InChI is InChI=1S/C17H24N2O.C17H23NO2.C16H21NO.C12H17NO.C4H5Br.CH2O3.CH4.2K/c18-11-5-2-6-12-19-13-9-17(20,10-14-19)15-16-7-3-1-4-8-16;19-14-6-2-5-11-18-12-9-17(20,10-13-18)15-16-7-3-1-4-8-16;1-2-3-11-17-12-9-16(18,10-13-17)14-15-7-5-4-6-8-15;14-12(6-8-13-9-7-12)10-11-4-2-1-3-5-11;1-2-3-4-5;2-1-4-3;;;/h1,3-4,7-8,20H,6,9-15,18H2;1,3-4,7-8,19-20H,5,9-15H2;1,4-8,18H,3,9-14H2;1-5,13-14H,6-10H2;1H,3-4H2;1,3H;1H4;;/q;;;;;;;;+1/p-1. The predicted molar refractivity (Wildman–Crippen MR) is 341 cm³/mol. The third kappa shape index (κ3) is 37.7. The first-order valence-corrected chi connectivity index (χ1v) is 29.7. The van der Waals surface area contributed by atoms with Crippen molar-refractivity contribution in [2.75, 3.05) is 90.5 Å². The Labute approximate surface area is 599 Å². The number of terminal acetylenes is 2. The van der Waals surface area contributed by atoms with Crippen LogP contribution in [-0.4, -0.2) is 211 Å². The minimum atomic E-state index is -0.561. The summed E-state index contributed by atoms with van der Waals surface area (Å²) in [6.07, 6.45) is 23.2. The van der Waals surface area contributed by atoms with Gasteiger partial charge in [0.05, 0.1) is 28.9 Å². The summed E-state index contributed by atoms with van der Waals surface area (Å²) in [6.45, 7) is 10.6. The number of hydrogen-bond acceptors (Lipinski definition) is 13. The van der Waals surface area contributed by atoms with Gasteiger partial charge in [-0.25, -0.2) is 0 Å². The molecule has 0 bridgehead atoms. The van der Waals surface area contributed by atoms with Crippen LogP contribution in [0.4, 0.5) is 0 Å². The van der Waals surface area contributed by atoms with Crippen molar-refractivity contribution < 1.29 is 91.9 Å². The molecule has 4 saturated heterocycles. The van der Waals surface area contributed by atoms with Crippen LogP contribution in [0.3, 0.4) is 0 Å². The molecule has 4 aromatic rings. The number of carbonyl (C=O) groups is 1. The fourth-order valence-electron chi connectivity index (χ4n) is 10.1. The van der Waals surface area contributed by atoms with E-state index < -0.39 is 22.4 Å². The van der Waals surface area contributed by atoms with Crippen LogP contribution in [0.15, 0.2) is 121 Å². The van der Waals surface area contributed by atoms with E-state index in [0.29, 0.717) is 6.54 Å². The van der Waals surface area contributed by atoms with Crippen molar-refractivity contribution in [3.8, 4) is 48.4 Å². The van der Waals surface area contributed by atoms with Crippen LogP contribution >= 0.6 is 15.9 Å². The van der Waals surface area contributed by atoms with Crippen LogP contribution in [0, 0.1) is 48.4 Å². The molecule has 13 nitrogen and oxygen atoms in total. The Morgan fingerprint density at radius 1 is 0.536 bits per heavy atom. The van der Waals surface area contributed by atoms with Crippen LogP contribution in [-0.2, 0) is 35.4 Å². The minimum absolute atomic E-state index is 0. The number of piperidine rings is 4. The maximum Gasteiger partial charge on any atom is 1.00 e. The Kier molecular flexibility index (Phi) is 48.5. The number of nitrogens with one attached hydrogen (secondary N) is 1. The van der Waals surface area contributed by atoms with Gasteiger partial charge in [0.15, 0.2) is 0 Å². The van der Waals surface area contributed by atoms with Gasteiger partial charge >= 0.3 is 51.4 Å². The predicted octanol–water partition coefficient (Wildman–Crippen LogP) is 3.37. The van der Waals surface area contributed by atoms with Crippen molar-refractivity contribution in [3.05, 3.63) is 144 Å². The van der Waals surface area contributed by atoms with E-state index in [1.165, 1.54) is 22.3 Å². The zero-order valence-corrected chi connectivity index (χ0v) is 57.6. The van der Waals surface area contributed by atoms with Crippen molar-refractivity contribution in [2.45, 2.75) is 133 Å². The van der Waals surface area contributed by atoms with Gasteiger partial charge in [0.2, 0.25) is 0 Å². The molecule has 449 valence electrons. The van der Waals surface area contributed by atoms with E-state index in [0.717, 1.165) is 180 Å². The second-order valence-electron chi connectivity index (χ2n) is 21.2. The Hall–Kier alpha value is -2.10. The van der Waals surface area contributed by atoms with Gasteiger partial charge in [0, 0.05) is 167 Å². The number of halogens is 1. The van der Waals surface area contributed by atoms with Gasteiger partial charge < -0.3 is 61.4 Å². The van der Waals surface area contributed by atoms with E-state index in [-0.39, 0.29) is 123 Å². The van der Waals surface area contributed by atoms with Crippen molar-refractivity contribution in [2.24, 2.45) is 5.73 Å². The van der Waals surface area contributed by atoms with E-state index >= 15 is 0 Å². The Bertz CT molecular complexity index is 2370. The summed E-state index contributed by atoms with van der Waals surface area (Å²) in [6, 6.07) is 40.9. The largest absolute Gasteiger partial charge is 1.00 e. The van der Waals surface area contributed by atoms with Crippen molar-refractivity contribution >= 4 is 73.8 Å². The van der Waals surface area contributed by atoms with Gasteiger partial charge in [-0.05, 0) is 86.7 Å². The minimum Gasteiger partial charge on any atom is -0.662 e. The number of alkyl halides is 1. The Balaban J connectivity index is 0.00000103. The molecule has 8 rings (SSSR count). The van der Waals surface area contributed by atoms with Gasteiger partial charge in [-0.1, -0.05) is 162 Å². The monoisotopic (exact) mass is 1270 g/mol. The second kappa shape index (κ2) is 49.7. The summed E-state index contributed by atoms with van der Waals surface area (Å²) in [5.74, 6) is 16.7. The van der Waals surface area contributed by atoms with Gasteiger partial charge in [0.1, 0.15) is 6.61 Å². The fraction of sp³-hybridized carbons (Fsp3) is 0.515. The number of benzene rings is 4. The molecule has 0 aromatic heterocycles. The number of aliphatic hydroxyl groups is 5. The molecule has 0 atom stereocenters. The molecule has 4 aliphatic heterocycles. The van der Waals surface area contributed by atoms with E-state index in [2.05, 4.69) is 125 Å². The first-order valence-electron chi connectivity index (χ1n) is 28.6. The molecular formula is C68H95BrK2N5O8. The number of hydrogen-bond donors (Lipinski definition) is 7. The maximum absolute atomic E-state index is 10.7. The van der Waals surface area contributed by atoms with Crippen LogP contribution in [0.25, 0.3) is 0 Å². The number of nitrogens with zero attached hydrogens (tertiary/aromatic N) is 3. The molecule has 8 N–H and O–H groups in total. The zero-order valence-electron chi connectivity index (χ0n) is 49.8. The van der Waals surface area contributed by atoms with Crippen molar-refractivity contribution in [3.63, 3.8) is 0 Å². The zero-order chi connectivity index (χ0) is 58.8. The van der Waals surface area contributed by atoms with Gasteiger partial charge in [-0.2, -0.15) is 0 Å². The molecule has 0 amide bonds. The maximum atomic E-state index is 10.7. The molecule has 4 fully saturated rings. The number of likely N-dealkylation sites (tertiary alicyclic amines) is 3. The van der Waals surface area contributed by atoms with Gasteiger partial charge in [-0.15, -0.1) is 30.6 Å². The topological polar surface area (TPSA) is 198 Å². The van der Waals surface area contributed by atoms with Crippen LogP contribution < -0.4 is 67.7 Å². The SMILES string of the molecule is C.C#CCCBr.C#CCCN1CCC(O)(Cc2ccccc2)CC1.NCC#CCCN1CCC(O)(Cc2ccccc2)CC1.O=CO[O-].OC1(Cc2ccccc2)CCNCC1.OCC#CCCN1CCC(O)(Cc2ccccc2)CC1.[K+].[K]. The summed E-state index contributed by atoms with van der Waals surface area (Å²) in [7, 11) is 0. The van der Waals surface area contributed by atoms with Crippen LogP contribution in [0.1, 0.15) is 107 Å². The molecule has 0 spiro atoms. The third-order valence-corrected chi connectivity index (χ3v) is 15.2. The molecule has 0 aliphatic carbocycles. The molecule has 0 saturated carbocycles. The molecular weight excluding hydrogens is 1170 g/mol. The quantitative estimate of drug-likeness (QED) is 0.0216. The summed E-state index contributed by atoms with van der Waals surface area (Å²) in [5.41, 5.74) is 8.10. The first kappa shape index (κ1) is 81.9. The van der Waals surface area contributed by atoms with E-state index in [1.807, 2.05) is 72.8 Å². The first-order chi connectivity index (χ1) is 39.3. The molecule has 16 heteroatoms. The second-order valence-corrected chi connectivity index (χ2v) is 22.0. The summed E-state index contributed by atoms with van der Waals surface area (Å²) in [5, 5.41) is 63.4. The Morgan fingerprint density at radius 3 is 1.07 bits per heavy atom. The number of carbonyl (C=O) groups excluding carboxylic acids is 1. The van der Waals surface area contributed by atoms with Crippen LogP contribution in [0.5, 0.6) is 0 Å². The average molecular weight is 1270 g/mol.